The third-order valence-electron chi connectivity index (χ3n) is 3.70. The van der Waals surface area contributed by atoms with Crippen LogP contribution >= 0.6 is 11.6 Å². The van der Waals surface area contributed by atoms with Crippen molar-refractivity contribution in [2.24, 2.45) is 7.05 Å². The zero-order valence-corrected chi connectivity index (χ0v) is 15.2. The first-order valence-electron chi connectivity index (χ1n) is 7.53. The molecule has 0 unspecified atom stereocenters. The van der Waals surface area contributed by atoms with Crippen LogP contribution in [0.5, 0.6) is 0 Å². The third-order valence-corrected chi connectivity index (χ3v) is 4.14. The molecule has 9 heteroatoms. The van der Waals surface area contributed by atoms with Crippen LogP contribution in [-0.2, 0) is 11.8 Å². The quantitative estimate of drug-likeness (QED) is 0.761. The van der Waals surface area contributed by atoms with Gasteiger partial charge in [0, 0.05) is 12.7 Å². The fraction of sp³-hybridized carbons (Fsp3) is 0.294. The molecule has 0 fully saturated rings. The zero-order chi connectivity index (χ0) is 19.8. The van der Waals surface area contributed by atoms with Crippen molar-refractivity contribution in [1.82, 2.24) is 9.13 Å². The van der Waals surface area contributed by atoms with Crippen LogP contribution in [0.3, 0.4) is 0 Å². The summed E-state index contributed by atoms with van der Waals surface area (Å²) in [7, 11) is 1.37. The van der Waals surface area contributed by atoms with Crippen LogP contribution in [-0.4, -0.2) is 21.2 Å². The van der Waals surface area contributed by atoms with E-state index in [9.17, 15) is 18.8 Å². The minimum atomic E-state index is -1.03. The molecule has 2 aromatic rings. The maximum Gasteiger partial charge on any atom is 0.339 e. The number of aromatic nitrogens is 2. The maximum absolute atomic E-state index is 14.5. The Kier molecular flexibility index (Phi) is 5.33. The second-order valence-corrected chi connectivity index (χ2v) is 6.17. The van der Waals surface area contributed by atoms with Crippen LogP contribution in [0.2, 0.25) is 5.02 Å². The molecule has 0 spiro atoms. The van der Waals surface area contributed by atoms with Crippen LogP contribution in [0.1, 0.15) is 35.5 Å². The first-order chi connectivity index (χ1) is 12.1. The first kappa shape index (κ1) is 19.4. The lowest BCUT2D eigenvalue weighted by Crippen LogP contribution is -2.39. The Labute approximate surface area is 152 Å². The van der Waals surface area contributed by atoms with Gasteiger partial charge in [0.15, 0.2) is 0 Å². The number of ether oxygens (including phenoxy) is 1. The fourth-order valence-corrected chi connectivity index (χ4v) is 2.48. The molecule has 0 aliphatic carbocycles. The molecule has 1 heterocycles. The van der Waals surface area contributed by atoms with Gasteiger partial charge in [-0.15, -0.1) is 0 Å². The summed E-state index contributed by atoms with van der Waals surface area (Å²) >= 11 is 5.93. The smallest absolute Gasteiger partial charge is 0.339 e. The monoisotopic (exact) mass is 379 g/mol. The van der Waals surface area contributed by atoms with E-state index < -0.39 is 34.8 Å². The predicted octanol–water partition coefficient (Wildman–Crippen LogP) is 2.07. The van der Waals surface area contributed by atoms with E-state index in [1.807, 2.05) is 0 Å². The summed E-state index contributed by atoms with van der Waals surface area (Å²) < 4.78 is 21.1. The van der Waals surface area contributed by atoms with E-state index in [0.29, 0.717) is 4.57 Å². The number of nitriles is 1. The van der Waals surface area contributed by atoms with E-state index in [2.05, 4.69) is 0 Å². The average Bonchev–Trinajstić information content (AvgIpc) is 2.58. The van der Waals surface area contributed by atoms with Gasteiger partial charge in [-0.1, -0.05) is 11.6 Å². The molecule has 7 nitrogen and oxygen atoms in total. The van der Waals surface area contributed by atoms with Crippen molar-refractivity contribution in [2.45, 2.75) is 26.9 Å². The molecule has 2 rings (SSSR count). The first-order valence-corrected chi connectivity index (χ1v) is 7.91. The van der Waals surface area contributed by atoms with Gasteiger partial charge < -0.3 is 4.74 Å². The molecule has 26 heavy (non-hydrogen) atoms. The standard InChI is InChI=1S/C17H15ClFN3O4/c1-8(2)26-16(24)11-6-13(12(19)5-10(11)7-20)22-15(23)14(18)9(3)21(4)17(22)25/h5-6,8H,1-4H3. The van der Waals surface area contributed by atoms with Crippen molar-refractivity contribution in [3.63, 3.8) is 0 Å². The number of hydrogen-bond donors (Lipinski definition) is 0. The molecule has 0 bridgehead atoms. The van der Waals surface area contributed by atoms with Gasteiger partial charge in [-0.05, 0) is 32.9 Å². The molecule has 0 saturated heterocycles. The summed E-state index contributed by atoms with van der Waals surface area (Å²) in [5, 5.41) is 8.88. The minimum Gasteiger partial charge on any atom is -0.459 e. The number of rotatable bonds is 3. The number of halogens is 2. The molecule has 0 aliphatic rings. The summed E-state index contributed by atoms with van der Waals surface area (Å²) in [6.45, 7) is 4.68. The molecule has 1 aromatic heterocycles. The van der Waals surface area contributed by atoms with Crippen molar-refractivity contribution in [2.75, 3.05) is 0 Å². The van der Waals surface area contributed by atoms with E-state index in [1.165, 1.54) is 14.0 Å². The molecule has 136 valence electrons. The molecule has 0 saturated carbocycles. The summed E-state index contributed by atoms with van der Waals surface area (Å²) in [6, 6.07) is 3.40. The third kappa shape index (κ3) is 3.26. The summed E-state index contributed by atoms with van der Waals surface area (Å²) in [5.41, 5.74) is -2.59. The molecule has 0 aliphatic heterocycles. The molecule has 1 aromatic carbocycles. The molecule has 0 N–H and O–H groups in total. The Morgan fingerprint density at radius 1 is 1.35 bits per heavy atom. The lowest BCUT2D eigenvalue weighted by atomic mass is 10.1. The second-order valence-electron chi connectivity index (χ2n) is 5.80. The van der Waals surface area contributed by atoms with Crippen molar-refractivity contribution < 1.29 is 13.9 Å². The highest BCUT2D eigenvalue weighted by Gasteiger charge is 2.22. The van der Waals surface area contributed by atoms with Gasteiger partial charge in [-0.25, -0.2) is 18.5 Å². The molecular weight excluding hydrogens is 365 g/mol. The largest absolute Gasteiger partial charge is 0.459 e. The number of carbonyl (C=O) groups is 1. The van der Waals surface area contributed by atoms with Gasteiger partial charge in [0.2, 0.25) is 0 Å². The van der Waals surface area contributed by atoms with Crippen molar-refractivity contribution >= 4 is 17.6 Å². The summed E-state index contributed by atoms with van der Waals surface area (Å²) in [6.07, 6.45) is -0.480. The van der Waals surface area contributed by atoms with Crippen LogP contribution in [0.4, 0.5) is 4.39 Å². The van der Waals surface area contributed by atoms with E-state index in [1.54, 1.807) is 19.9 Å². The van der Waals surface area contributed by atoms with Crippen molar-refractivity contribution in [3.05, 3.63) is 60.6 Å². The number of esters is 1. The Morgan fingerprint density at radius 2 is 1.96 bits per heavy atom. The molecule has 0 atom stereocenters. The van der Waals surface area contributed by atoms with E-state index >= 15 is 0 Å². The van der Waals surface area contributed by atoms with Crippen LogP contribution < -0.4 is 11.2 Å². The molecular formula is C17H15ClFN3O4. The Balaban J connectivity index is 2.86. The maximum atomic E-state index is 14.5. The molecule has 0 radical (unpaired) electrons. The van der Waals surface area contributed by atoms with E-state index in [4.69, 9.17) is 21.6 Å². The van der Waals surface area contributed by atoms with Gasteiger partial charge in [0.25, 0.3) is 5.56 Å². The highest BCUT2D eigenvalue weighted by Crippen LogP contribution is 2.20. The normalized spacial score (nSPS) is 10.7. The van der Waals surface area contributed by atoms with Gasteiger partial charge in [0.05, 0.1) is 22.9 Å². The van der Waals surface area contributed by atoms with Gasteiger partial charge in [-0.2, -0.15) is 5.26 Å². The number of hydrogen-bond acceptors (Lipinski definition) is 5. The highest BCUT2D eigenvalue weighted by molar-refractivity contribution is 6.31. The zero-order valence-electron chi connectivity index (χ0n) is 14.5. The number of nitrogens with zero attached hydrogens (tertiary/aromatic N) is 3. The summed E-state index contributed by atoms with van der Waals surface area (Å²) in [5.74, 6) is -1.90. The van der Waals surface area contributed by atoms with Crippen LogP contribution in [0, 0.1) is 24.1 Å². The Morgan fingerprint density at radius 3 is 2.50 bits per heavy atom. The topological polar surface area (TPSA) is 94.1 Å². The SMILES string of the molecule is Cc1c(Cl)c(=O)n(-c2cc(C(=O)OC(C)C)c(C#N)cc2F)c(=O)n1C. The summed E-state index contributed by atoms with van der Waals surface area (Å²) in [4.78, 5) is 37.0. The van der Waals surface area contributed by atoms with Crippen molar-refractivity contribution in [3.8, 4) is 11.8 Å². The Bertz CT molecular complexity index is 1030. The van der Waals surface area contributed by atoms with E-state index in [-0.39, 0.29) is 21.8 Å². The van der Waals surface area contributed by atoms with E-state index in [0.717, 1.165) is 16.7 Å². The lowest BCUT2D eigenvalue weighted by Gasteiger charge is -2.14. The Hall–Kier alpha value is -2.92. The molecule has 0 amide bonds. The average molecular weight is 380 g/mol. The van der Waals surface area contributed by atoms with Crippen molar-refractivity contribution in [1.29, 1.82) is 5.26 Å². The second kappa shape index (κ2) is 7.14. The van der Waals surface area contributed by atoms with Crippen LogP contribution in [0.15, 0.2) is 21.7 Å². The van der Waals surface area contributed by atoms with Gasteiger partial charge in [-0.3, -0.25) is 9.36 Å². The number of benzene rings is 1. The fourth-order valence-electron chi connectivity index (χ4n) is 2.27. The minimum absolute atomic E-state index is 0.214. The highest BCUT2D eigenvalue weighted by atomic mass is 35.5. The van der Waals surface area contributed by atoms with Gasteiger partial charge in [0.1, 0.15) is 16.9 Å². The van der Waals surface area contributed by atoms with Crippen LogP contribution in [0.25, 0.3) is 5.69 Å². The predicted molar refractivity (Wildman–Crippen MR) is 92.3 cm³/mol. The lowest BCUT2D eigenvalue weighted by molar-refractivity contribution is 0.0377. The van der Waals surface area contributed by atoms with Gasteiger partial charge >= 0.3 is 11.7 Å². The number of carbonyl (C=O) groups excluding carboxylic acids is 1.